The average Bonchev–Trinajstić information content (AvgIpc) is 2.75. The Morgan fingerprint density at radius 1 is 1.17 bits per heavy atom. The van der Waals surface area contributed by atoms with E-state index in [-0.39, 0.29) is 29.5 Å². The van der Waals surface area contributed by atoms with Crippen LogP contribution in [0.1, 0.15) is 18.4 Å². The Morgan fingerprint density at radius 2 is 1.90 bits per heavy atom. The fraction of sp³-hybridized carbons (Fsp3) is 0.318. The third-order valence-corrected chi connectivity index (χ3v) is 6.74. The molecule has 8 heteroatoms. The number of carbonyl (C=O) groups is 3. The molecular weight excluding hydrogens is 405 g/mol. The number of hydrogen-bond acceptors (Lipinski definition) is 4. The maximum Gasteiger partial charge on any atom is 0.247 e. The Balaban J connectivity index is 1.34. The molecule has 1 fully saturated rings. The van der Waals surface area contributed by atoms with E-state index in [1.807, 2.05) is 24.3 Å². The number of hydrogen-bond donors (Lipinski definition) is 2. The number of fused-ring (bicyclic) bond motifs is 1. The average molecular weight is 428 g/mol. The molecule has 0 aromatic heterocycles. The highest BCUT2D eigenvalue weighted by Crippen LogP contribution is 2.36. The van der Waals surface area contributed by atoms with Gasteiger partial charge in [0.1, 0.15) is 5.82 Å². The summed E-state index contributed by atoms with van der Waals surface area (Å²) >= 11 is 1.27. The predicted molar refractivity (Wildman–Crippen MR) is 114 cm³/mol. The van der Waals surface area contributed by atoms with Gasteiger partial charge in [0.25, 0.3) is 0 Å². The molecule has 0 bridgehead atoms. The Hall–Kier alpha value is -2.87. The summed E-state index contributed by atoms with van der Waals surface area (Å²) in [5.74, 6) is -1.23. The molecule has 2 heterocycles. The van der Waals surface area contributed by atoms with Crippen molar-refractivity contribution in [1.82, 2.24) is 4.90 Å². The fourth-order valence-corrected chi connectivity index (χ4v) is 4.82. The smallest absolute Gasteiger partial charge is 0.247 e. The minimum absolute atomic E-state index is 0.129. The molecule has 0 aliphatic carbocycles. The maximum absolute atomic E-state index is 13.2. The number of aryl methyl sites for hydroxylation is 1. The number of nitrogens with one attached hydrogen (secondary N) is 2. The van der Waals surface area contributed by atoms with E-state index in [0.717, 1.165) is 10.6 Å². The standard InChI is InChI=1S/C22H22FN3O3S/c1-13-12-15(23)6-7-16(13)24-20(27)14-8-10-26(11-9-14)22(29)19-21(28)25-17-4-2-3-5-18(17)30-19/h2-7,12,14,19H,8-11H2,1H3,(H,24,27)(H,25,28)/t19-/m1/s1. The molecule has 6 nitrogen and oxygen atoms in total. The number of piperidine rings is 1. The molecule has 2 aliphatic rings. The first-order chi connectivity index (χ1) is 14.4. The number of halogens is 1. The topological polar surface area (TPSA) is 78.5 Å². The summed E-state index contributed by atoms with van der Waals surface area (Å²) < 4.78 is 13.2. The number of nitrogens with zero attached hydrogens (tertiary/aromatic N) is 1. The normalized spacial score (nSPS) is 19.1. The van der Waals surface area contributed by atoms with Crippen molar-refractivity contribution in [2.45, 2.75) is 29.9 Å². The van der Waals surface area contributed by atoms with Crippen LogP contribution in [0.25, 0.3) is 0 Å². The third kappa shape index (κ3) is 4.18. The van der Waals surface area contributed by atoms with Gasteiger partial charge < -0.3 is 15.5 Å². The zero-order chi connectivity index (χ0) is 21.3. The van der Waals surface area contributed by atoms with Crippen molar-refractivity contribution in [3.63, 3.8) is 0 Å². The summed E-state index contributed by atoms with van der Waals surface area (Å²) in [4.78, 5) is 40.5. The van der Waals surface area contributed by atoms with E-state index in [1.165, 1.54) is 23.9 Å². The van der Waals surface area contributed by atoms with E-state index in [0.29, 0.717) is 37.2 Å². The summed E-state index contributed by atoms with van der Waals surface area (Å²) in [7, 11) is 0. The van der Waals surface area contributed by atoms with Gasteiger partial charge in [-0.15, -0.1) is 11.8 Å². The van der Waals surface area contributed by atoms with E-state index in [2.05, 4.69) is 10.6 Å². The molecule has 156 valence electrons. The maximum atomic E-state index is 13.2. The van der Waals surface area contributed by atoms with Crippen LogP contribution in [0.5, 0.6) is 0 Å². The van der Waals surface area contributed by atoms with Crippen LogP contribution >= 0.6 is 11.8 Å². The van der Waals surface area contributed by atoms with Crippen LogP contribution in [0, 0.1) is 18.7 Å². The van der Waals surface area contributed by atoms with Crippen molar-refractivity contribution in [1.29, 1.82) is 0 Å². The molecule has 4 rings (SSSR count). The first-order valence-electron chi connectivity index (χ1n) is 9.85. The molecule has 2 aromatic rings. The second kappa shape index (κ2) is 8.47. The highest BCUT2D eigenvalue weighted by atomic mass is 32.2. The van der Waals surface area contributed by atoms with Gasteiger partial charge in [0.2, 0.25) is 17.7 Å². The van der Waals surface area contributed by atoms with Crippen molar-refractivity contribution in [2.75, 3.05) is 23.7 Å². The molecular formula is C22H22FN3O3S. The summed E-state index contributed by atoms with van der Waals surface area (Å²) in [5.41, 5.74) is 1.98. The number of benzene rings is 2. The van der Waals surface area contributed by atoms with Gasteiger partial charge in [0.05, 0.1) is 5.69 Å². The first kappa shape index (κ1) is 20.4. The first-order valence-corrected chi connectivity index (χ1v) is 10.7. The molecule has 0 saturated carbocycles. The Morgan fingerprint density at radius 3 is 2.63 bits per heavy atom. The SMILES string of the molecule is Cc1cc(F)ccc1NC(=O)C1CCN(C(=O)[C@@H]2Sc3ccccc3NC2=O)CC1. The Bertz CT molecular complexity index is 1000. The van der Waals surface area contributed by atoms with Crippen molar-refractivity contribution in [2.24, 2.45) is 5.92 Å². The number of carbonyl (C=O) groups excluding carboxylic acids is 3. The lowest BCUT2D eigenvalue weighted by molar-refractivity contribution is -0.136. The van der Waals surface area contributed by atoms with Crippen molar-refractivity contribution in [3.8, 4) is 0 Å². The van der Waals surface area contributed by atoms with E-state index < -0.39 is 5.25 Å². The van der Waals surface area contributed by atoms with Gasteiger partial charge in [0.15, 0.2) is 5.25 Å². The largest absolute Gasteiger partial charge is 0.341 e. The fourth-order valence-electron chi connectivity index (χ4n) is 3.74. The van der Waals surface area contributed by atoms with Gasteiger partial charge in [-0.25, -0.2) is 4.39 Å². The molecule has 0 radical (unpaired) electrons. The van der Waals surface area contributed by atoms with Crippen LogP contribution < -0.4 is 10.6 Å². The van der Waals surface area contributed by atoms with E-state index >= 15 is 0 Å². The predicted octanol–water partition coefficient (Wildman–Crippen LogP) is 3.42. The summed E-state index contributed by atoms with van der Waals surface area (Å²) in [5, 5.41) is 4.84. The number of rotatable bonds is 3. The van der Waals surface area contributed by atoms with Gasteiger partial charge >= 0.3 is 0 Å². The number of amides is 3. The Kier molecular flexibility index (Phi) is 5.76. The van der Waals surface area contributed by atoms with E-state index in [9.17, 15) is 18.8 Å². The minimum Gasteiger partial charge on any atom is -0.341 e. The lowest BCUT2D eigenvalue weighted by Gasteiger charge is -2.34. The van der Waals surface area contributed by atoms with Gasteiger partial charge in [-0.2, -0.15) is 0 Å². The number of para-hydroxylation sites is 1. The summed E-state index contributed by atoms with van der Waals surface area (Å²) in [6.45, 7) is 2.58. The zero-order valence-corrected chi connectivity index (χ0v) is 17.3. The van der Waals surface area contributed by atoms with Crippen LogP contribution in [-0.4, -0.2) is 41.0 Å². The van der Waals surface area contributed by atoms with E-state index in [4.69, 9.17) is 0 Å². The van der Waals surface area contributed by atoms with Gasteiger partial charge in [-0.1, -0.05) is 12.1 Å². The number of likely N-dealkylation sites (tertiary alicyclic amines) is 1. The van der Waals surface area contributed by atoms with Crippen LogP contribution in [-0.2, 0) is 14.4 Å². The van der Waals surface area contributed by atoms with Crippen LogP contribution in [0.15, 0.2) is 47.4 Å². The third-order valence-electron chi connectivity index (χ3n) is 5.48. The molecule has 30 heavy (non-hydrogen) atoms. The minimum atomic E-state index is -0.813. The second-order valence-electron chi connectivity index (χ2n) is 7.53. The van der Waals surface area contributed by atoms with Gasteiger partial charge in [0, 0.05) is 29.6 Å². The highest BCUT2D eigenvalue weighted by molar-refractivity contribution is 8.01. The van der Waals surface area contributed by atoms with Crippen molar-refractivity contribution < 1.29 is 18.8 Å². The molecule has 0 spiro atoms. The van der Waals surface area contributed by atoms with Crippen molar-refractivity contribution >= 4 is 40.9 Å². The zero-order valence-electron chi connectivity index (χ0n) is 16.5. The molecule has 1 atom stereocenters. The highest BCUT2D eigenvalue weighted by Gasteiger charge is 2.37. The molecule has 2 aliphatic heterocycles. The lowest BCUT2D eigenvalue weighted by atomic mass is 9.95. The van der Waals surface area contributed by atoms with Gasteiger partial charge in [-0.3, -0.25) is 14.4 Å². The van der Waals surface area contributed by atoms with E-state index in [1.54, 1.807) is 17.9 Å². The Labute approximate surface area is 178 Å². The van der Waals surface area contributed by atoms with Gasteiger partial charge in [-0.05, 0) is 55.7 Å². The lowest BCUT2D eigenvalue weighted by Crippen LogP contribution is -2.48. The number of anilines is 2. The monoisotopic (exact) mass is 427 g/mol. The molecule has 1 saturated heterocycles. The summed E-state index contributed by atoms with van der Waals surface area (Å²) in [6.07, 6.45) is 1.04. The molecule has 0 unspecified atom stereocenters. The molecule has 2 N–H and O–H groups in total. The molecule has 3 amide bonds. The van der Waals surface area contributed by atoms with Crippen molar-refractivity contribution in [3.05, 3.63) is 53.8 Å². The quantitative estimate of drug-likeness (QED) is 0.736. The van der Waals surface area contributed by atoms with Crippen LogP contribution in [0.4, 0.5) is 15.8 Å². The number of thioether (sulfide) groups is 1. The summed E-state index contributed by atoms with van der Waals surface area (Å²) in [6, 6.07) is 11.7. The second-order valence-corrected chi connectivity index (χ2v) is 8.68. The van der Waals surface area contributed by atoms with Crippen LogP contribution in [0.2, 0.25) is 0 Å². The van der Waals surface area contributed by atoms with Crippen LogP contribution in [0.3, 0.4) is 0 Å². The molecule has 2 aromatic carbocycles.